The van der Waals surface area contributed by atoms with E-state index in [1.54, 1.807) is 12.1 Å². The van der Waals surface area contributed by atoms with E-state index in [1.165, 1.54) is 0 Å². The average Bonchev–Trinajstić information content (AvgIpc) is 2.55. The second-order valence-electron chi connectivity index (χ2n) is 6.13. The minimum Gasteiger partial charge on any atom is -0.479 e. The van der Waals surface area contributed by atoms with Crippen LogP contribution in [0.25, 0.3) is 0 Å². The Labute approximate surface area is 149 Å². The Bertz CT molecular complexity index is 713. The summed E-state index contributed by atoms with van der Waals surface area (Å²) in [6.45, 7) is 8.14. The Hall–Kier alpha value is -2.00. The van der Waals surface area contributed by atoms with Gasteiger partial charge in [0.25, 0.3) is 5.91 Å². The van der Waals surface area contributed by atoms with E-state index in [-0.39, 0.29) is 5.91 Å². The molecule has 1 N–H and O–H groups in total. The van der Waals surface area contributed by atoms with Crippen LogP contribution in [0.4, 0.5) is 5.69 Å². The Balaban J connectivity index is 2.20. The maximum Gasteiger partial charge on any atom is 0.265 e. The van der Waals surface area contributed by atoms with Gasteiger partial charge in [-0.25, -0.2) is 0 Å². The van der Waals surface area contributed by atoms with Gasteiger partial charge in [-0.3, -0.25) is 4.79 Å². The molecule has 0 aromatic heterocycles. The van der Waals surface area contributed by atoms with Gasteiger partial charge in [0.1, 0.15) is 5.75 Å². The van der Waals surface area contributed by atoms with Crippen LogP contribution < -0.4 is 10.1 Å². The highest BCUT2D eigenvalue weighted by Gasteiger charge is 2.21. The van der Waals surface area contributed by atoms with E-state index in [9.17, 15) is 4.79 Å². The van der Waals surface area contributed by atoms with Gasteiger partial charge in [-0.15, -0.1) is 0 Å². The van der Waals surface area contributed by atoms with Crippen molar-refractivity contribution in [1.29, 1.82) is 0 Å². The molecule has 0 saturated carbocycles. The normalized spacial score (nSPS) is 12.1. The number of ether oxygens (including phenoxy) is 1. The fourth-order valence-corrected chi connectivity index (χ4v) is 2.74. The number of benzene rings is 2. The van der Waals surface area contributed by atoms with Crippen molar-refractivity contribution in [2.24, 2.45) is 0 Å². The number of carbonyl (C=O) groups excluding carboxylic acids is 1. The number of halogens is 1. The van der Waals surface area contributed by atoms with Gasteiger partial charge < -0.3 is 10.1 Å². The minimum atomic E-state index is -0.593. The number of amides is 1. The number of rotatable bonds is 6. The van der Waals surface area contributed by atoms with Gasteiger partial charge in [0, 0.05) is 5.69 Å². The molecule has 128 valence electrons. The number of anilines is 1. The first-order chi connectivity index (χ1) is 11.4. The molecule has 0 heterocycles. The maximum absolute atomic E-state index is 12.7. The molecule has 2 rings (SSSR count). The lowest BCUT2D eigenvalue weighted by Gasteiger charge is -2.21. The van der Waals surface area contributed by atoms with Gasteiger partial charge in [0.15, 0.2) is 6.10 Å². The van der Waals surface area contributed by atoms with Crippen LogP contribution in [0.1, 0.15) is 44.2 Å². The Morgan fingerprint density at radius 2 is 1.88 bits per heavy atom. The van der Waals surface area contributed by atoms with Crippen LogP contribution in [-0.4, -0.2) is 12.0 Å². The first-order valence-corrected chi connectivity index (χ1v) is 8.63. The van der Waals surface area contributed by atoms with E-state index in [0.29, 0.717) is 23.1 Å². The molecule has 0 aliphatic rings. The number of hydrogen-bond donors (Lipinski definition) is 1. The van der Waals surface area contributed by atoms with E-state index >= 15 is 0 Å². The Morgan fingerprint density at radius 1 is 1.17 bits per heavy atom. The summed E-state index contributed by atoms with van der Waals surface area (Å²) in [5, 5.41) is 3.55. The molecule has 2 aromatic carbocycles. The predicted octanol–water partition coefficient (Wildman–Crippen LogP) is 5.57. The Morgan fingerprint density at radius 3 is 2.50 bits per heavy atom. The number of para-hydroxylation sites is 2. The van der Waals surface area contributed by atoms with Crippen LogP contribution >= 0.6 is 11.6 Å². The summed E-state index contributed by atoms with van der Waals surface area (Å²) >= 11 is 6.13. The molecular formula is C20H24ClNO2. The van der Waals surface area contributed by atoms with E-state index in [0.717, 1.165) is 16.8 Å². The summed E-state index contributed by atoms with van der Waals surface area (Å²) < 4.78 is 5.82. The zero-order valence-corrected chi connectivity index (χ0v) is 15.4. The summed E-state index contributed by atoms with van der Waals surface area (Å²) in [4.78, 5) is 12.7. The van der Waals surface area contributed by atoms with Crippen molar-refractivity contribution in [1.82, 2.24) is 0 Å². The fourth-order valence-electron chi connectivity index (χ4n) is 2.56. The number of nitrogens with one attached hydrogen (secondary N) is 1. The van der Waals surface area contributed by atoms with Gasteiger partial charge in [-0.2, -0.15) is 0 Å². The van der Waals surface area contributed by atoms with Crippen LogP contribution in [-0.2, 0) is 4.79 Å². The van der Waals surface area contributed by atoms with Crippen molar-refractivity contribution >= 4 is 23.2 Å². The third-order valence-electron chi connectivity index (χ3n) is 3.94. The van der Waals surface area contributed by atoms with Gasteiger partial charge in [-0.1, -0.05) is 62.7 Å². The molecule has 0 bridgehead atoms. The quantitative estimate of drug-likeness (QED) is 0.743. The van der Waals surface area contributed by atoms with E-state index in [1.807, 2.05) is 44.2 Å². The highest BCUT2D eigenvalue weighted by atomic mass is 35.5. The second kappa shape index (κ2) is 8.20. The third kappa shape index (κ3) is 4.30. The summed E-state index contributed by atoms with van der Waals surface area (Å²) in [5.41, 5.74) is 3.04. The van der Waals surface area contributed by atoms with Crippen molar-refractivity contribution in [2.75, 3.05) is 5.32 Å². The molecule has 1 amide bonds. The molecule has 24 heavy (non-hydrogen) atoms. The molecule has 0 fully saturated rings. The lowest BCUT2D eigenvalue weighted by Crippen LogP contribution is -2.33. The largest absolute Gasteiger partial charge is 0.479 e. The van der Waals surface area contributed by atoms with Crippen LogP contribution in [0.15, 0.2) is 42.5 Å². The fraction of sp³-hybridized carbons (Fsp3) is 0.350. The minimum absolute atomic E-state index is 0.159. The highest BCUT2D eigenvalue weighted by molar-refractivity contribution is 6.32. The lowest BCUT2D eigenvalue weighted by atomic mass is 9.98. The van der Waals surface area contributed by atoms with Crippen molar-refractivity contribution in [2.45, 2.75) is 46.1 Å². The van der Waals surface area contributed by atoms with Crippen molar-refractivity contribution in [3.05, 3.63) is 58.6 Å². The van der Waals surface area contributed by atoms with Crippen molar-refractivity contribution in [3.63, 3.8) is 0 Å². The smallest absolute Gasteiger partial charge is 0.265 e. The van der Waals surface area contributed by atoms with Crippen molar-refractivity contribution < 1.29 is 9.53 Å². The average molecular weight is 346 g/mol. The van der Waals surface area contributed by atoms with Crippen LogP contribution in [0.2, 0.25) is 5.02 Å². The lowest BCUT2D eigenvalue weighted by molar-refractivity contribution is -0.122. The third-order valence-corrected chi connectivity index (χ3v) is 4.26. The van der Waals surface area contributed by atoms with E-state index < -0.39 is 6.10 Å². The molecule has 0 aliphatic carbocycles. The molecule has 0 unspecified atom stereocenters. The summed E-state index contributed by atoms with van der Waals surface area (Å²) in [5.74, 6) is 0.688. The first-order valence-electron chi connectivity index (χ1n) is 8.25. The molecule has 3 nitrogen and oxygen atoms in total. The Kier molecular flexibility index (Phi) is 6.27. The molecule has 0 saturated heterocycles. The zero-order valence-electron chi connectivity index (χ0n) is 14.6. The standard InChI is InChI=1S/C20H24ClNO2/c1-5-17(24-18-12-7-6-11-16(18)21)20(23)22-19-14(4)9-8-10-15(19)13(2)3/h6-13,17H,5H2,1-4H3,(H,22,23)/t17-/m1/s1. The predicted molar refractivity (Wildman–Crippen MR) is 100 cm³/mol. The zero-order chi connectivity index (χ0) is 17.7. The molecule has 1 atom stereocenters. The number of aryl methyl sites for hydroxylation is 1. The summed E-state index contributed by atoms with van der Waals surface area (Å²) in [7, 11) is 0. The molecule has 0 aliphatic heterocycles. The number of hydrogen-bond acceptors (Lipinski definition) is 2. The molecule has 0 spiro atoms. The topological polar surface area (TPSA) is 38.3 Å². The van der Waals surface area contributed by atoms with Crippen LogP contribution in [0.3, 0.4) is 0 Å². The SMILES string of the molecule is CC[C@@H](Oc1ccccc1Cl)C(=O)Nc1c(C)cccc1C(C)C. The number of carbonyl (C=O) groups is 1. The van der Waals surface area contributed by atoms with E-state index in [2.05, 4.69) is 19.2 Å². The second-order valence-corrected chi connectivity index (χ2v) is 6.54. The summed E-state index contributed by atoms with van der Waals surface area (Å²) in [6.07, 6.45) is -0.0375. The van der Waals surface area contributed by atoms with Crippen LogP contribution in [0, 0.1) is 6.92 Å². The maximum atomic E-state index is 12.7. The van der Waals surface area contributed by atoms with Gasteiger partial charge in [-0.05, 0) is 42.5 Å². The first kappa shape index (κ1) is 18.3. The van der Waals surface area contributed by atoms with Crippen molar-refractivity contribution in [3.8, 4) is 5.75 Å². The molecule has 2 aromatic rings. The molecular weight excluding hydrogens is 322 g/mol. The molecule has 0 radical (unpaired) electrons. The van der Waals surface area contributed by atoms with E-state index in [4.69, 9.17) is 16.3 Å². The molecule has 4 heteroatoms. The van der Waals surface area contributed by atoms with Gasteiger partial charge in [0.2, 0.25) is 0 Å². The van der Waals surface area contributed by atoms with Crippen LogP contribution in [0.5, 0.6) is 5.75 Å². The van der Waals surface area contributed by atoms with Gasteiger partial charge >= 0.3 is 0 Å². The monoisotopic (exact) mass is 345 g/mol. The highest BCUT2D eigenvalue weighted by Crippen LogP contribution is 2.29. The summed E-state index contributed by atoms with van der Waals surface area (Å²) in [6, 6.07) is 13.2. The van der Waals surface area contributed by atoms with Gasteiger partial charge in [0.05, 0.1) is 5.02 Å².